The number of nitrogens with one attached hydrogen (secondary N) is 1. The maximum absolute atomic E-state index is 7.47. The molecule has 0 saturated carbocycles. The number of hydrogen-bond acceptors (Lipinski definition) is 2. The summed E-state index contributed by atoms with van der Waals surface area (Å²) >= 11 is 2.04. The predicted octanol–water partition coefficient (Wildman–Crippen LogP) is 2.58. The van der Waals surface area contributed by atoms with E-state index < -0.39 is 0 Å². The van der Waals surface area contributed by atoms with E-state index in [-0.39, 0.29) is 0 Å². The van der Waals surface area contributed by atoms with Crippen molar-refractivity contribution >= 4 is 26.3 Å². The van der Waals surface area contributed by atoms with Crippen molar-refractivity contribution in [2.75, 3.05) is 0 Å². The van der Waals surface area contributed by atoms with Crippen LogP contribution in [0.15, 0.2) is 11.3 Å². The van der Waals surface area contributed by atoms with Gasteiger partial charge >= 0.3 is 0 Å². The van der Waals surface area contributed by atoms with Crippen LogP contribution in [0.5, 0.6) is 0 Å². The Bertz CT molecular complexity index is 196. The Balaban J connectivity index is 2.76. The summed E-state index contributed by atoms with van der Waals surface area (Å²) in [6.45, 7) is 0. The minimum atomic E-state index is 0.627. The minimum absolute atomic E-state index is 0.627. The predicted molar refractivity (Wildman–Crippen MR) is 56.0 cm³/mol. The first-order valence-corrected chi connectivity index (χ1v) is 5.01. The van der Waals surface area contributed by atoms with E-state index in [1.807, 2.05) is 22.6 Å². The van der Waals surface area contributed by atoms with Gasteiger partial charge in [-0.25, -0.2) is 0 Å². The van der Waals surface area contributed by atoms with Crippen LogP contribution in [0.4, 0.5) is 0 Å². The van der Waals surface area contributed by atoms with E-state index >= 15 is 0 Å². The van der Waals surface area contributed by atoms with E-state index in [1.165, 1.54) is 19.3 Å². The molecule has 0 amide bonds. The Morgan fingerprint density at radius 3 is 2.55 bits per heavy atom. The van der Waals surface area contributed by atoms with Crippen molar-refractivity contribution in [3.05, 3.63) is 11.3 Å². The largest absolute Gasteiger partial charge is 0.402 e. The lowest BCUT2D eigenvalue weighted by Crippen LogP contribution is -2.04. The summed E-state index contributed by atoms with van der Waals surface area (Å²) < 4.78 is 0.627. The SMILES string of the molecule is N=C(I)C1=C(N)CCCCC1. The monoisotopic (exact) mass is 264 g/mol. The molecule has 62 valence electrons. The van der Waals surface area contributed by atoms with Gasteiger partial charge in [0.2, 0.25) is 0 Å². The van der Waals surface area contributed by atoms with Gasteiger partial charge in [0.25, 0.3) is 0 Å². The van der Waals surface area contributed by atoms with Crippen LogP contribution in [-0.2, 0) is 0 Å². The Morgan fingerprint density at radius 2 is 1.91 bits per heavy atom. The van der Waals surface area contributed by atoms with E-state index in [9.17, 15) is 0 Å². The average molecular weight is 264 g/mol. The highest BCUT2D eigenvalue weighted by atomic mass is 127. The quantitative estimate of drug-likeness (QED) is 0.555. The van der Waals surface area contributed by atoms with Gasteiger partial charge < -0.3 is 5.73 Å². The van der Waals surface area contributed by atoms with Gasteiger partial charge in [-0.3, -0.25) is 5.41 Å². The molecule has 0 fully saturated rings. The molecule has 0 aromatic heterocycles. The van der Waals surface area contributed by atoms with Gasteiger partial charge in [0.15, 0.2) is 0 Å². The van der Waals surface area contributed by atoms with Crippen molar-refractivity contribution in [3.63, 3.8) is 0 Å². The second kappa shape index (κ2) is 4.09. The highest BCUT2D eigenvalue weighted by Gasteiger charge is 2.10. The summed E-state index contributed by atoms with van der Waals surface area (Å²) in [5.74, 6) is 0. The fourth-order valence-corrected chi connectivity index (χ4v) is 1.97. The van der Waals surface area contributed by atoms with Crippen molar-refractivity contribution < 1.29 is 0 Å². The van der Waals surface area contributed by atoms with E-state index in [0.717, 1.165) is 24.1 Å². The first kappa shape index (κ1) is 9.03. The molecule has 0 aromatic carbocycles. The Labute approximate surface area is 80.9 Å². The molecule has 0 unspecified atom stereocenters. The molecule has 0 atom stereocenters. The van der Waals surface area contributed by atoms with Crippen LogP contribution >= 0.6 is 22.6 Å². The van der Waals surface area contributed by atoms with Crippen LogP contribution in [0.1, 0.15) is 32.1 Å². The second-order valence-corrected chi connectivity index (χ2v) is 3.96. The summed E-state index contributed by atoms with van der Waals surface area (Å²) in [7, 11) is 0. The van der Waals surface area contributed by atoms with E-state index in [0.29, 0.717) is 3.72 Å². The molecular weight excluding hydrogens is 251 g/mol. The molecule has 0 saturated heterocycles. The zero-order valence-electron chi connectivity index (χ0n) is 6.49. The van der Waals surface area contributed by atoms with Gasteiger partial charge in [0, 0.05) is 11.3 Å². The van der Waals surface area contributed by atoms with Gasteiger partial charge in [-0.15, -0.1) is 0 Å². The standard InChI is InChI=1S/C8H13IN2/c9-8(11)6-4-2-1-3-5-7(6)10/h11H,1-5,10H2. The molecule has 0 radical (unpaired) electrons. The first-order chi connectivity index (χ1) is 5.22. The molecule has 0 heterocycles. The minimum Gasteiger partial charge on any atom is -0.402 e. The van der Waals surface area contributed by atoms with E-state index in [2.05, 4.69) is 0 Å². The van der Waals surface area contributed by atoms with Crippen molar-refractivity contribution in [2.24, 2.45) is 5.73 Å². The third kappa shape index (κ3) is 2.47. The summed E-state index contributed by atoms with van der Waals surface area (Å²) in [6.07, 6.45) is 5.64. The van der Waals surface area contributed by atoms with Gasteiger partial charge in [-0.2, -0.15) is 0 Å². The summed E-state index contributed by atoms with van der Waals surface area (Å²) in [6, 6.07) is 0. The molecule has 0 spiro atoms. The fraction of sp³-hybridized carbons (Fsp3) is 0.625. The van der Waals surface area contributed by atoms with Gasteiger partial charge in [-0.1, -0.05) is 6.42 Å². The molecule has 0 aliphatic heterocycles. The van der Waals surface area contributed by atoms with Gasteiger partial charge in [0.05, 0.1) is 3.72 Å². The lowest BCUT2D eigenvalue weighted by molar-refractivity contribution is 0.708. The number of nitrogens with two attached hydrogens (primary N) is 1. The fourth-order valence-electron chi connectivity index (χ4n) is 1.36. The number of allylic oxidation sites excluding steroid dienone is 2. The molecule has 0 aromatic rings. The Morgan fingerprint density at radius 1 is 1.27 bits per heavy atom. The highest BCUT2D eigenvalue weighted by molar-refractivity contribution is 14.1. The molecule has 1 aliphatic rings. The number of hydrogen-bond donors (Lipinski definition) is 2. The molecule has 3 N–H and O–H groups in total. The van der Waals surface area contributed by atoms with Gasteiger partial charge in [0.1, 0.15) is 0 Å². The summed E-state index contributed by atoms with van der Waals surface area (Å²) in [5, 5.41) is 7.47. The van der Waals surface area contributed by atoms with E-state index in [1.54, 1.807) is 0 Å². The number of halogens is 1. The smallest absolute Gasteiger partial charge is 0.0968 e. The maximum atomic E-state index is 7.47. The topological polar surface area (TPSA) is 49.9 Å². The molecular formula is C8H13IN2. The Kier molecular flexibility index (Phi) is 3.36. The third-order valence-electron chi connectivity index (χ3n) is 2.03. The van der Waals surface area contributed by atoms with Crippen LogP contribution in [0.3, 0.4) is 0 Å². The van der Waals surface area contributed by atoms with Crippen molar-refractivity contribution in [1.29, 1.82) is 5.41 Å². The van der Waals surface area contributed by atoms with Crippen LogP contribution in [0, 0.1) is 5.41 Å². The maximum Gasteiger partial charge on any atom is 0.0968 e. The lowest BCUT2D eigenvalue weighted by atomic mass is 10.1. The zero-order chi connectivity index (χ0) is 8.27. The van der Waals surface area contributed by atoms with E-state index in [4.69, 9.17) is 11.1 Å². The molecule has 1 aliphatic carbocycles. The molecule has 0 bridgehead atoms. The average Bonchev–Trinajstić information content (AvgIpc) is 2.13. The van der Waals surface area contributed by atoms with Crippen molar-refractivity contribution in [2.45, 2.75) is 32.1 Å². The van der Waals surface area contributed by atoms with Crippen molar-refractivity contribution in [1.82, 2.24) is 0 Å². The van der Waals surface area contributed by atoms with Gasteiger partial charge in [-0.05, 0) is 48.3 Å². The molecule has 2 nitrogen and oxygen atoms in total. The lowest BCUT2D eigenvalue weighted by Gasteiger charge is -2.04. The zero-order valence-corrected chi connectivity index (χ0v) is 8.65. The molecule has 1 rings (SSSR count). The summed E-state index contributed by atoms with van der Waals surface area (Å²) in [4.78, 5) is 0. The second-order valence-electron chi connectivity index (χ2n) is 2.88. The first-order valence-electron chi connectivity index (χ1n) is 3.93. The number of rotatable bonds is 1. The van der Waals surface area contributed by atoms with Crippen LogP contribution in [0.2, 0.25) is 0 Å². The van der Waals surface area contributed by atoms with Crippen LogP contribution < -0.4 is 5.73 Å². The normalized spacial score (nSPS) is 19.7. The third-order valence-corrected chi connectivity index (χ3v) is 2.68. The highest BCUT2D eigenvalue weighted by Crippen LogP contribution is 2.22. The van der Waals surface area contributed by atoms with Crippen molar-refractivity contribution in [3.8, 4) is 0 Å². The molecule has 11 heavy (non-hydrogen) atoms. The molecule has 3 heteroatoms. The Hall–Kier alpha value is -0.0600. The van der Waals surface area contributed by atoms with Crippen LogP contribution in [0.25, 0.3) is 0 Å². The summed E-state index contributed by atoms with van der Waals surface area (Å²) in [5.41, 5.74) is 7.85. The van der Waals surface area contributed by atoms with Crippen LogP contribution in [-0.4, -0.2) is 3.72 Å².